The van der Waals surface area contributed by atoms with Gasteiger partial charge in [0, 0.05) is 7.11 Å². The Hall–Kier alpha value is -2.37. The van der Waals surface area contributed by atoms with Crippen molar-refractivity contribution in [1.82, 2.24) is 14.9 Å². The zero-order chi connectivity index (χ0) is 21.7. The number of ether oxygens (including phenoxy) is 1. The predicted octanol–water partition coefficient (Wildman–Crippen LogP) is 3.43. The lowest BCUT2D eigenvalue weighted by Gasteiger charge is -2.32. The Morgan fingerprint density at radius 3 is 2.70 bits per heavy atom. The van der Waals surface area contributed by atoms with Crippen LogP contribution in [0.25, 0.3) is 10.9 Å². The van der Waals surface area contributed by atoms with E-state index in [1.807, 2.05) is 19.1 Å². The summed E-state index contributed by atoms with van der Waals surface area (Å²) in [4.78, 5) is 30.7. The first-order valence-electron chi connectivity index (χ1n) is 10.3. The van der Waals surface area contributed by atoms with Gasteiger partial charge in [-0.25, -0.2) is 4.98 Å². The van der Waals surface area contributed by atoms with E-state index in [0.29, 0.717) is 35.5 Å². The SMILES string of the molecule is COC[C@H](C)n1c(S[C@H](C)C(=O)NC2(C#N)CCCCC2)nc2ccccc2c1=O. The van der Waals surface area contributed by atoms with Crippen molar-refractivity contribution in [2.45, 2.75) is 67.9 Å². The number of carbonyl (C=O) groups is 1. The Labute approximate surface area is 180 Å². The molecule has 1 aromatic heterocycles. The molecule has 1 aliphatic rings. The molecule has 1 amide bonds. The molecule has 2 aromatic rings. The lowest BCUT2D eigenvalue weighted by molar-refractivity contribution is -0.121. The highest BCUT2D eigenvalue weighted by Crippen LogP contribution is 2.30. The van der Waals surface area contributed by atoms with Gasteiger partial charge in [0.15, 0.2) is 5.16 Å². The first-order valence-corrected chi connectivity index (χ1v) is 11.2. The molecule has 2 atom stereocenters. The van der Waals surface area contributed by atoms with E-state index < -0.39 is 10.8 Å². The third-order valence-electron chi connectivity index (χ3n) is 5.56. The fourth-order valence-electron chi connectivity index (χ4n) is 3.88. The Balaban J connectivity index is 1.90. The highest BCUT2D eigenvalue weighted by atomic mass is 32.2. The van der Waals surface area contributed by atoms with Crippen molar-refractivity contribution in [2.24, 2.45) is 0 Å². The first-order chi connectivity index (χ1) is 14.4. The first kappa shape index (κ1) is 22.3. The van der Waals surface area contributed by atoms with Gasteiger partial charge in [0.25, 0.3) is 5.56 Å². The van der Waals surface area contributed by atoms with E-state index >= 15 is 0 Å². The van der Waals surface area contributed by atoms with Gasteiger partial charge in [-0.15, -0.1) is 0 Å². The predicted molar refractivity (Wildman–Crippen MR) is 117 cm³/mol. The number of hydrogen-bond acceptors (Lipinski definition) is 6. The Bertz CT molecular complexity index is 1010. The second-order valence-electron chi connectivity index (χ2n) is 7.89. The van der Waals surface area contributed by atoms with E-state index in [4.69, 9.17) is 4.74 Å². The van der Waals surface area contributed by atoms with E-state index in [1.165, 1.54) is 11.8 Å². The Morgan fingerprint density at radius 2 is 2.03 bits per heavy atom. The monoisotopic (exact) mass is 428 g/mol. The summed E-state index contributed by atoms with van der Waals surface area (Å²) in [6.45, 7) is 4.02. The molecule has 0 radical (unpaired) electrons. The third kappa shape index (κ3) is 4.68. The topological polar surface area (TPSA) is 97.0 Å². The number of benzene rings is 1. The molecule has 1 N–H and O–H groups in total. The number of amides is 1. The molecule has 0 spiro atoms. The van der Waals surface area contributed by atoms with Crippen LogP contribution in [0.2, 0.25) is 0 Å². The minimum Gasteiger partial charge on any atom is -0.383 e. The van der Waals surface area contributed by atoms with E-state index in [0.717, 1.165) is 19.3 Å². The Kier molecular flexibility index (Phi) is 7.16. The van der Waals surface area contributed by atoms with Crippen LogP contribution in [0.5, 0.6) is 0 Å². The van der Waals surface area contributed by atoms with Crippen LogP contribution in [0.1, 0.15) is 52.0 Å². The summed E-state index contributed by atoms with van der Waals surface area (Å²) in [6.07, 6.45) is 4.33. The van der Waals surface area contributed by atoms with Crippen LogP contribution in [0, 0.1) is 11.3 Å². The molecule has 1 aliphatic carbocycles. The molecular weight excluding hydrogens is 400 g/mol. The molecule has 160 valence electrons. The highest BCUT2D eigenvalue weighted by molar-refractivity contribution is 8.00. The number of nitrogens with one attached hydrogen (secondary N) is 1. The maximum absolute atomic E-state index is 13.1. The van der Waals surface area contributed by atoms with Crippen molar-refractivity contribution >= 4 is 28.6 Å². The van der Waals surface area contributed by atoms with Crippen molar-refractivity contribution in [3.8, 4) is 6.07 Å². The van der Waals surface area contributed by atoms with E-state index in [2.05, 4.69) is 16.4 Å². The number of para-hydroxylation sites is 1. The van der Waals surface area contributed by atoms with Gasteiger partial charge in [-0.05, 0) is 38.8 Å². The van der Waals surface area contributed by atoms with Crippen LogP contribution in [-0.2, 0) is 9.53 Å². The summed E-state index contributed by atoms with van der Waals surface area (Å²) < 4.78 is 6.85. The second kappa shape index (κ2) is 9.63. The van der Waals surface area contributed by atoms with Gasteiger partial charge in [-0.2, -0.15) is 5.26 Å². The van der Waals surface area contributed by atoms with Gasteiger partial charge in [-0.3, -0.25) is 14.2 Å². The molecule has 8 heteroatoms. The molecule has 1 saturated carbocycles. The fraction of sp³-hybridized carbons (Fsp3) is 0.545. The summed E-state index contributed by atoms with van der Waals surface area (Å²) in [6, 6.07) is 9.28. The van der Waals surface area contributed by atoms with Gasteiger partial charge < -0.3 is 10.1 Å². The number of nitrogens with zero attached hydrogens (tertiary/aromatic N) is 3. The van der Waals surface area contributed by atoms with Crippen molar-refractivity contribution in [2.75, 3.05) is 13.7 Å². The molecule has 0 unspecified atom stereocenters. The number of methoxy groups -OCH3 is 1. The van der Waals surface area contributed by atoms with Crippen molar-refractivity contribution in [1.29, 1.82) is 5.26 Å². The van der Waals surface area contributed by atoms with Crippen molar-refractivity contribution in [3.05, 3.63) is 34.6 Å². The van der Waals surface area contributed by atoms with Crippen LogP contribution in [0.4, 0.5) is 0 Å². The number of rotatable bonds is 7. The number of nitriles is 1. The minimum absolute atomic E-state index is 0.152. The maximum Gasteiger partial charge on any atom is 0.262 e. The minimum atomic E-state index is -0.788. The number of thioether (sulfide) groups is 1. The van der Waals surface area contributed by atoms with Crippen molar-refractivity contribution < 1.29 is 9.53 Å². The molecular formula is C22H28N4O3S. The highest BCUT2D eigenvalue weighted by Gasteiger charge is 2.35. The van der Waals surface area contributed by atoms with Crippen LogP contribution in [-0.4, -0.2) is 40.0 Å². The quantitative estimate of drug-likeness (QED) is 0.536. The van der Waals surface area contributed by atoms with Gasteiger partial charge >= 0.3 is 0 Å². The second-order valence-corrected chi connectivity index (χ2v) is 9.20. The van der Waals surface area contributed by atoms with Crippen molar-refractivity contribution in [3.63, 3.8) is 0 Å². The molecule has 1 heterocycles. The molecule has 0 bridgehead atoms. The third-order valence-corrected chi connectivity index (χ3v) is 6.63. The zero-order valence-corrected chi connectivity index (χ0v) is 18.5. The summed E-state index contributed by atoms with van der Waals surface area (Å²) in [5, 5.41) is 13.1. The van der Waals surface area contributed by atoms with Crippen LogP contribution in [0.3, 0.4) is 0 Å². The average Bonchev–Trinajstić information content (AvgIpc) is 2.74. The molecule has 0 saturated heterocycles. The maximum atomic E-state index is 13.1. The van der Waals surface area contributed by atoms with E-state index in [9.17, 15) is 14.9 Å². The normalized spacial score (nSPS) is 17.8. The zero-order valence-electron chi connectivity index (χ0n) is 17.7. The lowest BCUT2D eigenvalue weighted by atomic mass is 9.83. The van der Waals surface area contributed by atoms with Crippen LogP contribution in [0.15, 0.2) is 34.2 Å². The summed E-state index contributed by atoms with van der Waals surface area (Å²) >= 11 is 1.23. The standard InChI is InChI=1S/C22H28N4O3S/c1-15(13-29-3)26-20(28)17-9-5-6-10-18(17)24-21(26)30-16(2)19(27)25-22(14-23)11-7-4-8-12-22/h5-6,9-10,15-16H,4,7-8,11-13H2,1-3H3,(H,25,27)/t15-,16+/m0/s1. The Morgan fingerprint density at radius 1 is 1.33 bits per heavy atom. The van der Waals surface area contributed by atoms with E-state index in [-0.39, 0.29) is 17.5 Å². The summed E-state index contributed by atoms with van der Waals surface area (Å²) in [5.74, 6) is -0.211. The van der Waals surface area contributed by atoms with Gasteiger partial charge in [0.2, 0.25) is 5.91 Å². The van der Waals surface area contributed by atoms with E-state index in [1.54, 1.807) is 30.7 Å². The largest absolute Gasteiger partial charge is 0.383 e. The number of carbonyl (C=O) groups excluding carboxylic acids is 1. The number of hydrogen-bond donors (Lipinski definition) is 1. The smallest absolute Gasteiger partial charge is 0.262 e. The molecule has 30 heavy (non-hydrogen) atoms. The van der Waals surface area contributed by atoms with Crippen LogP contribution < -0.4 is 10.9 Å². The summed E-state index contributed by atoms with van der Waals surface area (Å²) in [5.41, 5.74) is -0.343. The molecule has 1 fully saturated rings. The molecule has 0 aliphatic heterocycles. The van der Waals surface area contributed by atoms with Gasteiger partial charge in [0.1, 0.15) is 5.54 Å². The van der Waals surface area contributed by atoms with Crippen LogP contribution >= 0.6 is 11.8 Å². The fourth-order valence-corrected chi connectivity index (χ4v) is 4.89. The summed E-state index contributed by atoms with van der Waals surface area (Å²) in [7, 11) is 1.59. The molecule has 7 nitrogen and oxygen atoms in total. The molecule has 3 rings (SSSR count). The number of fused-ring (bicyclic) bond motifs is 1. The number of aromatic nitrogens is 2. The average molecular weight is 429 g/mol. The van der Waals surface area contributed by atoms with Gasteiger partial charge in [-0.1, -0.05) is 43.2 Å². The van der Waals surface area contributed by atoms with Gasteiger partial charge in [0.05, 0.1) is 34.9 Å². The molecule has 1 aromatic carbocycles. The lowest BCUT2D eigenvalue weighted by Crippen LogP contribution is -2.51.